The van der Waals surface area contributed by atoms with Gasteiger partial charge in [0.1, 0.15) is 11.5 Å². The molecule has 2 nitrogen and oxygen atoms in total. The summed E-state index contributed by atoms with van der Waals surface area (Å²) in [4.78, 5) is 0. The van der Waals surface area contributed by atoms with Gasteiger partial charge in [-0.05, 0) is 85.0 Å². The first-order valence-electron chi connectivity index (χ1n) is 14.3. The monoisotopic (exact) mass is 486 g/mol. The number of para-hydroxylation sites is 2. The van der Waals surface area contributed by atoms with Crippen LogP contribution in [0.1, 0.15) is 115 Å². The Bertz CT molecular complexity index is 942. The number of hydrogen-bond acceptors (Lipinski definition) is 2. The van der Waals surface area contributed by atoms with Crippen LogP contribution in [0.25, 0.3) is 0 Å². The predicted octanol–water partition coefficient (Wildman–Crippen LogP) is 11.4. The first kappa shape index (κ1) is 27.8. The molecule has 194 valence electrons. The summed E-state index contributed by atoms with van der Waals surface area (Å²) in [5.41, 5.74) is 2.76. The van der Waals surface area contributed by atoms with Crippen LogP contribution in [0.2, 0.25) is 0 Å². The second-order valence-electron chi connectivity index (χ2n) is 10.1. The average molecular weight is 487 g/mol. The van der Waals surface area contributed by atoms with E-state index in [9.17, 15) is 0 Å². The Labute approximate surface area is 220 Å². The Morgan fingerprint density at radius 1 is 0.500 bits per heavy atom. The van der Waals surface area contributed by atoms with E-state index in [0.29, 0.717) is 11.8 Å². The number of benzene rings is 3. The van der Waals surface area contributed by atoms with E-state index >= 15 is 0 Å². The summed E-state index contributed by atoms with van der Waals surface area (Å²) in [5.74, 6) is 4.43. The molecule has 0 N–H and O–H groups in total. The highest BCUT2D eigenvalue weighted by Gasteiger charge is 2.14. The second-order valence-corrected chi connectivity index (χ2v) is 10.1. The molecule has 36 heavy (non-hydrogen) atoms. The van der Waals surface area contributed by atoms with Gasteiger partial charge in [0, 0.05) is 0 Å². The SMILES string of the molecule is CCCCC(CCC)c1cccc(Oc2ccccc2Oc2cccc(C(CCC)CCCC)c2)c1. The van der Waals surface area contributed by atoms with Gasteiger partial charge in [0.05, 0.1) is 0 Å². The average Bonchev–Trinajstić information content (AvgIpc) is 2.90. The molecule has 2 unspecified atom stereocenters. The largest absolute Gasteiger partial charge is 0.453 e. The van der Waals surface area contributed by atoms with Crippen molar-refractivity contribution in [2.75, 3.05) is 0 Å². The minimum absolute atomic E-state index is 0.594. The number of ether oxygens (including phenoxy) is 2. The third-order valence-corrected chi connectivity index (χ3v) is 7.05. The van der Waals surface area contributed by atoms with Crippen LogP contribution in [0.5, 0.6) is 23.0 Å². The summed E-state index contributed by atoms with van der Waals surface area (Å²) >= 11 is 0. The van der Waals surface area contributed by atoms with Gasteiger partial charge in [-0.1, -0.05) is 103 Å². The number of unbranched alkanes of at least 4 members (excludes halogenated alkanes) is 2. The summed E-state index contributed by atoms with van der Waals surface area (Å²) in [6, 6.07) is 25.3. The summed E-state index contributed by atoms with van der Waals surface area (Å²) in [7, 11) is 0. The topological polar surface area (TPSA) is 18.5 Å². The maximum atomic E-state index is 6.40. The van der Waals surface area contributed by atoms with Gasteiger partial charge in [-0.2, -0.15) is 0 Å². The molecule has 0 saturated heterocycles. The molecule has 2 atom stereocenters. The van der Waals surface area contributed by atoms with E-state index in [0.717, 1.165) is 23.0 Å². The maximum Gasteiger partial charge on any atom is 0.169 e. The summed E-state index contributed by atoms with van der Waals surface area (Å²) in [6.45, 7) is 9.08. The third-order valence-electron chi connectivity index (χ3n) is 7.05. The lowest BCUT2D eigenvalue weighted by molar-refractivity contribution is 0.417. The van der Waals surface area contributed by atoms with E-state index in [-0.39, 0.29) is 0 Å². The third kappa shape index (κ3) is 8.43. The molecule has 0 aliphatic rings. The first-order chi connectivity index (χ1) is 17.7. The summed E-state index contributed by atoms with van der Waals surface area (Å²) in [6.07, 6.45) is 12.3. The van der Waals surface area contributed by atoms with Gasteiger partial charge in [0.15, 0.2) is 11.5 Å². The highest BCUT2D eigenvalue weighted by molar-refractivity contribution is 5.46. The minimum Gasteiger partial charge on any atom is -0.453 e. The van der Waals surface area contributed by atoms with Crippen molar-refractivity contribution in [3.63, 3.8) is 0 Å². The highest BCUT2D eigenvalue weighted by atomic mass is 16.5. The van der Waals surface area contributed by atoms with Crippen molar-refractivity contribution in [2.24, 2.45) is 0 Å². The fourth-order valence-corrected chi connectivity index (χ4v) is 5.09. The molecule has 0 radical (unpaired) electrons. The fourth-order valence-electron chi connectivity index (χ4n) is 5.09. The van der Waals surface area contributed by atoms with Crippen LogP contribution in [0, 0.1) is 0 Å². The van der Waals surface area contributed by atoms with Gasteiger partial charge in [0.25, 0.3) is 0 Å². The van der Waals surface area contributed by atoms with Gasteiger partial charge < -0.3 is 9.47 Å². The van der Waals surface area contributed by atoms with E-state index in [1.165, 1.54) is 75.3 Å². The second kappa shape index (κ2) is 15.4. The molecule has 3 aromatic carbocycles. The minimum atomic E-state index is 0.594. The van der Waals surface area contributed by atoms with Crippen LogP contribution < -0.4 is 9.47 Å². The molecule has 0 bridgehead atoms. The zero-order chi connectivity index (χ0) is 25.6. The number of rotatable bonds is 16. The molecule has 0 fully saturated rings. The van der Waals surface area contributed by atoms with Crippen LogP contribution in [-0.2, 0) is 0 Å². The van der Waals surface area contributed by atoms with Crippen LogP contribution in [0.15, 0.2) is 72.8 Å². The van der Waals surface area contributed by atoms with Crippen molar-refractivity contribution in [1.82, 2.24) is 0 Å². The van der Waals surface area contributed by atoms with Crippen LogP contribution in [0.4, 0.5) is 0 Å². The van der Waals surface area contributed by atoms with Gasteiger partial charge in [0.2, 0.25) is 0 Å². The summed E-state index contributed by atoms with van der Waals surface area (Å²) in [5, 5.41) is 0. The van der Waals surface area contributed by atoms with E-state index in [2.05, 4.69) is 64.1 Å². The van der Waals surface area contributed by atoms with Crippen molar-refractivity contribution in [3.8, 4) is 23.0 Å². The Balaban J connectivity index is 1.78. The zero-order valence-corrected chi connectivity index (χ0v) is 23.0. The lowest BCUT2D eigenvalue weighted by atomic mass is 9.89. The van der Waals surface area contributed by atoms with Gasteiger partial charge >= 0.3 is 0 Å². The van der Waals surface area contributed by atoms with Crippen molar-refractivity contribution in [1.29, 1.82) is 0 Å². The van der Waals surface area contributed by atoms with Crippen molar-refractivity contribution >= 4 is 0 Å². The molecule has 0 spiro atoms. The van der Waals surface area contributed by atoms with E-state index in [1.54, 1.807) is 0 Å². The van der Waals surface area contributed by atoms with Crippen molar-refractivity contribution in [3.05, 3.63) is 83.9 Å². The molecule has 0 aromatic heterocycles. The molecule has 0 heterocycles. The lowest BCUT2D eigenvalue weighted by Gasteiger charge is -2.19. The van der Waals surface area contributed by atoms with Crippen LogP contribution in [-0.4, -0.2) is 0 Å². The molecular weight excluding hydrogens is 440 g/mol. The van der Waals surface area contributed by atoms with E-state index in [1.807, 2.05) is 36.4 Å². The van der Waals surface area contributed by atoms with Gasteiger partial charge in [-0.15, -0.1) is 0 Å². The zero-order valence-electron chi connectivity index (χ0n) is 23.0. The lowest BCUT2D eigenvalue weighted by Crippen LogP contribution is -2.00. The van der Waals surface area contributed by atoms with Crippen LogP contribution >= 0.6 is 0 Å². The molecule has 2 heteroatoms. The molecule has 3 aromatic rings. The Morgan fingerprint density at radius 3 is 1.33 bits per heavy atom. The Hall–Kier alpha value is -2.74. The summed E-state index contributed by atoms with van der Waals surface area (Å²) < 4.78 is 12.8. The normalized spacial score (nSPS) is 12.8. The molecule has 0 aliphatic carbocycles. The fraction of sp³-hybridized carbons (Fsp3) is 0.471. The van der Waals surface area contributed by atoms with Crippen molar-refractivity contribution in [2.45, 2.75) is 104 Å². The van der Waals surface area contributed by atoms with Gasteiger partial charge in [-0.3, -0.25) is 0 Å². The smallest absolute Gasteiger partial charge is 0.169 e. The highest BCUT2D eigenvalue weighted by Crippen LogP contribution is 2.37. The molecule has 0 saturated carbocycles. The van der Waals surface area contributed by atoms with Crippen LogP contribution in [0.3, 0.4) is 0 Å². The van der Waals surface area contributed by atoms with Gasteiger partial charge in [-0.25, -0.2) is 0 Å². The first-order valence-corrected chi connectivity index (χ1v) is 14.3. The Kier molecular flexibility index (Phi) is 11.9. The van der Waals surface area contributed by atoms with E-state index < -0.39 is 0 Å². The number of hydrogen-bond donors (Lipinski definition) is 0. The standard InChI is InChI=1S/C34H46O2/c1-5-9-17-27(15-7-3)29-19-13-21-31(25-29)35-33-23-11-12-24-34(33)36-32-22-14-20-30(26-32)28(16-8-4)18-10-6-2/h11-14,19-28H,5-10,15-18H2,1-4H3. The predicted molar refractivity (Wildman–Crippen MR) is 154 cm³/mol. The Morgan fingerprint density at radius 2 is 0.944 bits per heavy atom. The molecule has 0 amide bonds. The quantitative estimate of drug-likeness (QED) is 0.200. The molecule has 3 rings (SSSR count). The molecule has 0 aliphatic heterocycles. The van der Waals surface area contributed by atoms with E-state index in [4.69, 9.17) is 9.47 Å². The van der Waals surface area contributed by atoms with Crippen molar-refractivity contribution < 1.29 is 9.47 Å². The molecular formula is C34H46O2. The maximum absolute atomic E-state index is 6.40.